The van der Waals surface area contributed by atoms with Gasteiger partial charge in [-0.2, -0.15) is 0 Å². The number of thiocarbonyl (C=S) groups is 1. The van der Waals surface area contributed by atoms with Crippen molar-refractivity contribution >= 4 is 28.9 Å². The number of para-hydroxylation sites is 1. The number of benzene rings is 1. The first-order chi connectivity index (χ1) is 8.99. The van der Waals surface area contributed by atoms with Gasteiger partial charge in [0, 0.05) is 13.0 Å². The van der Waals surface area contributed by atoms with E-state index in [1.165, 1.54) is 6.07 Å². The normalized spacial score (nSPS) is 10.1. The minimum atomic E-state index is -0.411. The predicted octanol–water partition coefficient (Wildman–Crippen LogP) is 1.09. The number of nitrogens with zero attached hydrogens (tertiary/aromatic N) is 1. The molecule has 0 aromatic heterocycles. The van der Waals surface area contributed by atoms with Crippen LogP contribution in [0.1, 0.15) is 6.42 Å². The Labute approximate surface area is 117 Å². The first-order valence-corrected chi connectivity index (χ1v) is 6.15. The van der Waals surface area contributed by atoms with Crippen LogP contribution in [0.4, 0.5) is 10.1 Å². The molecule has 0 aliphatic heterocycles. The minimum Gasteiger partial charge on any atom is -0.329 e. The summed E-state index contributed by atoms with van der Waals surface area (Å²) in [5.41, 5.74) is 5.21. The number of hydrogen-bond donors (Lipinski definition) is 3. The topological polar surface area (TPSA) is 56.4 Å². The number of anilines is 1. The van der Waals surface area contributed by atoms with Gasteiger partial charge in [0.25, 0.3) is 0 Å². The summed E-state index contributed by atoms with van der Waals surface area (Å²) < 4.78 is 13.3. The Morgan fingerprint density at radius 3 is 2.63 bits per heavy atom. The first kappa shape index (κ1) is 15.3. The van der Waals surface area contributed by atoms with Crippen LogP contribution < -0.4 is 16.2 Å². The van der Waals surface area contributed by atoms with Crippen LogP contribution in [0.3, 0.4) is 0 Å². The second-order valence-electron chi connectivity index (χ2n) is 4.16. The number of rotatable bonds is 4. The van der Waals surface area contributed by atoms with Gasteiger partial charge in [0.2, 0.25) is 5.91 Å². The molecule has 1 aromatic rings. The highest BCUT2D eigenvalue weighted by Crippen LogP contribution is 2.11. The summed E-state index contributed by atoms with van der Waals surface area (Å²) in [6.45, 7) is 0.640. The van der Waals surface area contributed by atoms with E-state index < -0.39 is 5.82 Å². The molecule has 3 N–H and O–H groups in total. The van der Waals surface area contributed by atoms with E-state index in [0.717, 1.165) is 0 Å². The van der Waals surface area contributed by atoms with Crippen molar-refractivity contribution in [2.45, 2.75) is 6.42 Å². The van der Waals surface area contributed by atoms with Crippen LogP contribution in [0.2, 0.25) is 0 Å². The van der Waals surface area contributed by atoms with Gasteiger partial charge in [-0.05, 0) is 38.4 Å². The molecule has 5 nitrogen and oxygen atoms in total. The summed E-state index contributed by atoms with van der Waals surface area (Å²) in [7, 11) is 3.76. The van der Waals surface area contributed by atoms with Gasteiger partial charge in [-0.1, -0.05) is 12.1 Å². The lowest BCUT2D eigenvalue weighted by Gasteiger charge is -2.13. The van der Waals surface area contributed by atoms with Gasteiger partial charge in [0.1, 0.15) is 5.82 Å². The number of hydrogen-bond acceptors (Lipinski definition) is 3. The first-order valence-electron chi connectivity index (χ1n) is 5.74. The molecule has 0 aliphatic rings. The van der Waals surface area contributed by atoms with E-state index in [2.05, 4.69) is 16.2 Å². The third kappa shape index (κ3) is 6.12. The zero-order valence-electron chi connectivity index (χ0n) is 10.9. The molecule has 0 atom stereocenters. The summed E-state index contributed by atoms with van der Waals surface area (Å²) >= 11 is 4.94. The van der Waals surface area contributed by atoms with Crippen molar-refractivity contribution in [3.63, 3.8) is 0 Å². The van der Waals surface area contributed by atoms with Crippen molar-refractivity contribution in [2.75, 3.05) is 26.0 Å². The van der Waals surface area contributed by atoms with Crippen molar-refractivity contribution in [1.29, 1.82) is 0 Å². The Morgan fingerprint density at radius 1 is 1.32 bits per heavy atom. The minimum absolute atomic E-state index is 0.128. The van der Waals surface area contributed by atoms with Crippen LogP contribution in [0, 0.1) is 5.82 Å². The second kappa shape index (κ2) is 7.65. The highest BCUT2D eigenvalue weighted by molar-refractivity contribution is 7.80. The average Bonchev–Trinajstić information content (AvgIpc) is 2.36. The van der Waals surface area contributed by atoms with E-state index >= 15 is 0 Å². The Morgan fingerprint density at radius 2 is 2.00 bits per heavy atom. The molecule has 0 heterocycles. The molecule has 7 heteroatoms. The molecule has 1 amide bonds. The van der Waals surface area contributed by atoms with Crippen molar-refractivity contribution in [2.24, 2.45) is 0 Å². The quantitative estimate of drug-likeness (QED) is 0.571. The third-order valence-corrected chi connectivity index (χ3v) is 2.43. The standard InChI is InChI=1S/C12H17FN4OS/c1-17(2)8-7-11(18)15-16-12(19)14-10-6-4-3-5-9(10)13/h3-6H,7-8H2,1-2H3,(H,15,18)(H2,14,16,19). The molecule has 1 aromatic carbocycles. The van der Waals surface area contributed by atoms with Crippen LogP contribution in [0.15, 0.2) is 24.3 Å². The molecule has 0 fully saturated rings. The van der Waals surface area contributed by atoms with Crippen LogP contribution in [0.25, 0.3) is 0 Å². The molecule has 104 valence electrons. The molecule has 0 bridgehead atoms. The predicted molar refractivity (Wildman–Crippen MR) is 77.1 cm³/mol. The molecule has 19 heavy (non-hydrogen) atoms. The summed E-state index contributed by atoms with van der Waals surface area (Å²) in [6, 6.07) is 6.14. The number of carbonyl (C=O) groups is 1. The highest BCUT2D eigenvalue weighted by Gasteiger charge is 2.05. The van der Waals surface area contributed by atoms with Crippen molar-refractivity contribution in [3.8, 4) is 0 Å². The monoisotopic (exact) mass is 284 g/mol. The lowest BCUT2D eigenvalue weighted by atomic mass is 10.3. The number of hydrazine groups is 1. The molecule has 0 saturated carbocycles. The fourth-order valence-corrected chi connectivity index (χ4v) is 1.39. The molecule has 0 saturated heterocycles. The van der Waals surface area contributed by atoms with Gasteiger partial charge in [0.05, 0.1) is 5.69 Å². The fourth-order valence-electron chi connectivity index (χ4n) is 1.23. The van der Waals surface area contributed by atoms with Crippen molar-refractivity contribution in [3.05, 3.63) is 30.1 Å². The Hall–Kier alpha value is -1.73. The Balaban J connectivity index is 2.32. The van der Waals surface area contributed by atoms with Gasteiger partial charge < -0.3 is 10.2 Å². The van der Waals surface area contributed by atoms with Gasteiger partial charge >= 0.3 is 0 Å². The zero-order valence-corrected chi connectivity index (χ0v) is 11.7. The van der Waals surface area contributed by atoms with Gasteiger partial charge in [-0.25, -0.2) is 4.39 Å². The molecular formula is C12H17FN4OS. The molecule has 0 unspecified atom stereocenters. The maximum absolute atomic E-state index is 13.3. The van der Waals surface area contributed by atoms with Crippen LogP contribution in [0.5, 0.6) is 0 Å². The number of amides is 1. The molecule has 0 spiro atoms. The Bertz CT molecular complexity index is 453. The number of carbonyl (C=O) groups excluding carboxylic acids is 1. The van der Waals surface area contributed by atoms with E-state index in [-0.39, 0.29) is 16.7 Å². The lowest BCUT2D eigenvalue weighted by molar-refractivity contribution is -0.121. The largest absolute Gasteiger partial charge is 0.329 e. The smallest absolute Gasteiger partial charge is 0.239 e. The SMILES string of the molecule is CN(C)CCC(=O)NNC(=S)Nc1ccccc1F. The van der Waals surface area contributed by atoms with Crippen molar-refractivity contribution in [1.82, 2.24) is 15.8 Å². The van der Waals surface area contributed by atoms with Crippen LogP contribution in [-0.2, 0) is 4.79 Å². The maximum atomic E-state index is 13.3. The van der Waals surface area contributed by atoms with E-state index in [9.17, 15) is 9.18 Å². The summed E-state index contributed by atoms with van der Waals surface area (Å²) in [4.78, 5) is 13.3. The maximum Gasteiger partial charge on any atom is 0.239 e. The summed E-state index contributed by atoms with van der Waals surface area (Å²) in [6.07, 6.45) is 0.350. The third-order valence-electron chi connectivity index (χ3n) is 2.22. The number of halogens is 1. The number of nitrogens with one attached hydrogen (secondary N) is 3. The van der Waals surface area contributed by atoms with E-state index in [1.54, 1.807) is 18.2 Å². The van der Waals surface area contributed by atoms with Gasteiger partial charge in [-0.3, -0.25) is 15.6 Å². The van der Waals surface area contributed by atoms with Gasteiger partial charge in [-0.15, -0.1) is 0 Å². The van der Waals surface area contributed by atoms with Crippen LogP contribution >= 0.6 is 12.2 Å². The van der Waals surface area contributed by atoms with E-state index in [0.29, 0.717) is 13.0 Å². The van der Waals surface area contributed by atoms with Crippen molar-refractivity contribution < 1.29 is 9.18 Å². The van der Waals surface area contributed by atoms with E-state index in [1.807, 2.05) is 19.0 Å². The Kier molecular flexibility index (Phi) is 6.17. The average molecular weight is 284 g/mol. The van der Waals surface area contributed by atoms with Crippen LogP contribution in [-0.4, -0.2) is 36.6 Å². The molecule has 0 radical (unpaired) electrons. The zero-order chi connectivity index (χ0) is 14.3. The highest BCUT2D eigenvalue weighted by atomic mass is 32.1. The molecule has 1 rings (SSSR count). The lowest BCUT2D eigenvalue weighted by Crippen LogP contribution is -2.44. The molecule has 0 aliphatic carbocycles. The van der Waals surface area contributed by atoms with E-state index in [4.69, 9.17) is 12.2 Å². The summed E-state index contributed by atoms with van der Waals surface area (Å²) in [5.74, 6) is -0.600. The molecular weight excluding hydrogens is 267 g/mol. The second-order valence-corrected chi connectivity index (χ2v) is 4.57. The summed E-state index contributed by atoms with van der Waals surface area (Å²) in [5, 5.41) is 2.78. The fraction of sp³-hybridized carbons (Fsp3) is 0.333. The van der Waals surface area contributed by atoms with Gasteiger partial charge in [0.15, 0.2) is 5.11 Å².